The van der Waals surface area contributed by atoms with Crippen molar-refractivity contribution in [2.75, 3.05) is 0 Å². The van der Waals surface area contributed by atoms with Crippen LogP contribution in [-0.4, -0.2) is 78.3 Å². The normalized spacial score (nSPS) is 15.5. The molecule has 0 atom stereocenters. The molecular weight excluding hydrogens is 980 g/mol. The Hall–Kier alpha value is -1.29. The first kappa shape index (κ1) is 60.4. The predicted octanol–water partition coefficient (Wildman–Crippen LogP) is 11.3. The van der Waals surface area contributed by atoms with Gasteiger partial charge in [-0.15, -0.1) is 158 Å². The molecule has 0 heterocycles. The van der Waals surface area contributed by atoms with Gasteiger partial charge in [-0.25, -0.2) is 0 Å². The molecular formula is C12BF36O3P3. The van der Waals surface area contributed by atoms with Crippen LogP contribution in [0.1, 0.15) is 0 Å². The minimum absolute atomic E-state index is 2.92. The van der Waals surface area contributed by atoms with Gasteiger partial charge in [0.2, 0.25) is 0 Å². The third-order valence-electron chi connectivity index (χ3n) is 4.56. The monoisotopic (exact) mass is 980 g/mol. The summed E-state index contributed by atoms with van der Waals surface area (Å²) in [6.45, 7) is 0. The highest BCUT2D eigenvalue weighted by atomic mass is 31.2. The topological polar surface area (TPSA) is 69.2 Å². The molecule has 0 radical (unpaired) electrons. The van der Waals surface area contributed by atoms with E-state index in [1.54, 1.807) is 0 Å². The molecule has 0 fully saturated rings. The van der Waals surface area contributed by atoms with E-state index in [4.69, 9.17) is 15.1 Å². The Balaban J connectivity index is -0.000000337. The number of rotatable bonds is 0. The van der Waals surface area contributed by atoms with Crippen molar-refractivity contribution < 1.29 is 173 Å². The van der Waals surface area contributed by atoms with Crippen LogP contribution in [0.4, 0.5) is 158 Å². The van der Waals surface area contributed by atoms with Gasteiger partial charge in [0.25, 0.3) is 0 Å². The van der Waals surface area contributed by atoms with E-state index in [0.717, 1.165) is 0 Å². The predicted molar refractivity (Wildman–Crippen MR) is 99.2 cm³/mol. The lowest BCUT2D eigenvalue weighted by Gasteiger charge is -2.35. The van der Waals surface area contributed by atoms with Gasteiger partial charge in [-0.1, -0.05) is 0 Å². The van der Waals surface area contributed by atoms with Gasteiger partial charge in [0, 0.05) is 0 Å². The molecule has 43 heteroatoms. The number of hydrogen-bond acceptors (Lipinski definition) is 3. The summed E-state index contributed by atoms with van der Waals surface area (Å²) in [6.07, 6.45) is 0. The Labute approximate surface area is 274 Å². The third kappa shape index (κ3) is 11.9. The van der Waals surface area contributed by atoms with Crippen LogP contribution < -0.4 is 15.1 Å². The van der Waals surface area contributed by atoms with Crippen molar-refractivity contribution in [3.8, 4) is 0 Å². The molecule has 0 spiro atoms. The van der Waals surface area contributed by atoms with Crippen LogP contribution in [-0.2, 0) is 0 Å². The van der Waals surface area contributed by atoms with Crippen LogP contribution >= 0.6 is 21.8 Å². The second-order valence-electron chi connectivity index (χ2n) is 7.92. The Morgan fingerprint density at radius 3 is 0.218 bits per heavy atom. The summed E-state index contributed by atoms with van der Waals surface area (Å²) in [5, 5.41) is 25.2. The molecule has 0 aliphatic heterocycles. The number of alkyl halides is 36. The molecule has 0 amide bonds. The number of hydrogen-bond donors (Lipinski definition) is 0. The second-order valence-corrected chi connectivity index (χ2v) is 18.0. The summed E-state index contributed by atoms with van der Waals surface area (Å²) < 4.78 is 423. The highest BCUT2D eigenvalue weighted by Crippen LogP contribution is 2.96. The SMILES string of the molecule is FC(F)(F)[P+](C(F)(F)F)(C(F)(F)F)C(F)(F)F.FC(F)(F)[P+](C(F)(F)F)(C(F)(F)F)C(F)(F)F.FC(F)(F)[P+](C(F)(F)F)(C(F)(F)F)C(F)(F)F.[O-]B([O-])[O-]. The molecule has 0 saturated carbocycles. The highest BCUT2D eigenvalue weighted by Gasteiger charge is 3.07. The average molecular weight is 980 g/mol. The molecule has 55 heavy (non-hydrogen) atoms. The zero-order valence-corrected chi connectivity index (χ0v) is 25.4. The van der Waals surface area contributed by atoms with E-state index in [9.17, 15) is 158 Å². The summed E-state index contributed by atoms with van der Waals surface area (Å²) >= 11 is 0. The van der Waals surface area contributed by atoms with Crippen LogP contribution in [0.15, 0.2) is 0 Å². The van der Waals surface area contributed by atoms with E-state index in [1.165, 1.54) is 0 Å². The minimum atomic E-state index is -9.23. The maximum Gasteiger partial charge on any atom is 0.538 e. The summed E-state index contributed by atoms with van der Waals surface area (Å²) in [4.78, 5) is 0. The van der Waals surface area contributed by atoms with Gasteiger partial charge < -0.3 is 15.1 Å². The Morgan fingerprint density at radius 1 is 0.182 bits per heavy atom. The van der Waals surface area contributed by atoms with Gasteiger partial charge in [0.15, 0.2) is 0 Å². The molecule has 0 aromatic carbocycles. The summed E-state index contributed by atoms with van der Waals surface area (Å²) in [6, 6.07) is 0. The second kappa shape index (κ2) is 16.8. The molecule has 0 unspecified atom stereocenters. The van der Waals surface area contributed by atoms with Gasteiger partial charge in [-0.3, -0.25) is 7.32 Å². The Kier molecular flexibility index (Phi) is 18.4. The van der Waals surface area contributed by atoms with E-state index >= 15 is 0 Å². The van der Waals surface area contributed by atoms with E-state index in [0.29, 0.717) is 0 Å². The summed E-state index contributed by atoms with van der Waals surface area (Å²) in [5.41, 5.74) is 0. The first-order valence-corrected chi connectivity index (χ1v) is 15.6. The van der Waals surface area contributed by atoms with Crippen LogP contribution in [0, 0.1) is 0 Å². The molecule has 3 nitrogen and oxygen atoms in total. The van der Waals surface area contributed by atoms with Crippen molar-refractivity contribution in [2.24, 2.45) is 0 Å². The van der Waals surface area contributed by atoms with Gasteiger partial charge in [-0.2, -0.15) is 0 Å². The van der Waals surface area contributed by atoms with E-state index in [2.05, 4.69) is 0 Å². The standard InChI is InChI=1S/3C4F12P.BO3/c3*5-1(6,7)17(2(8,9)10,3(11,12)13)4(14,15)16;2-1(3)4/q3*+1;-3. The maximum absolute atomic E-state index is 11.8. The fourth-order valence-corrected chi connectivity index (χ4v) is 7.76. The molecule has 0 rings (SSSR count). The zero-order valence-electron chi connectivity index (χ0n) is 22.8. The van der Waals surface area contributed by atoms with Crippen molar-refractivity contribution in [3.63, 3.8) is 0 Å². The lowest BCUT2D eigenvalue weighted by molar-refractivity contribution is -0.479. The summed E-state index contributed by atoms with van der Waals surface area (Å²) in [7, 11) is -30.6. The van der Waals surface area contributed by atoms with Crippen molar-refractivity contribution in [2.45, 2.75) is 71.0 Å². The minimum Gasteiger partial charge on any atom is -0.907 e. The third-order valence-corrected chi connectivity index (χ3v) is 13.7. The fraction of sp³-hybridized carbons (Fsp3) is 1.00. The molecule has 0 N–H and O–H groups in total. The first-order valence-electron chi connectivity index (χ1n) is 10.2. The molecule has 0 aromatic heterocycles. The Bertz CT molecular complexity index is 844. The molecule has 0 aliphatic rings. The van der Waals surface area contributed by atoms with Crippen LogP contribution in [0.2, 0.25) is 0 Å². The maximum atomic E-state index is 11.8. The fourth-order valence-electron chi connectivity index (χ4n) is 2.59. The zero-order chi connectivity index (χ0) is 47.1. The molecule has 336 valence electrons. The molecule has 0 bridgehead atoms. The largest absolute Gasteiger partial charge is 0.907 e. The number of halogens is 36. The molecule has 0 aliphatic carbocycles. The Morgan fingerprint density at radius 2 is 0.218 bits per heavy atom. The first-order chi connectivity index (χ1) is 22.7. The van der Waals surface area contributed by atoms with Crippen LogP contribution in [0.3, 0.4) is 0 Å². The van der Waals surface area contributed by atoms with Crippen molar-refractivity contribution in [3.05, 3.63) is 0 Å². The smallest absolute Gasteiger partial charge is 0.538 e. The van der Waals surface area contributed by atoms with Gasteiger partial charge in [0.1, 0.15) is 0 Å². The van der Waals surface area contributed by atoms with Gasteiger partial charge in [-0.05, 0) is 0 Å². The lowest BCUT2D eigenvalue weighted by atomic mass is 10.3. The lowest BCUT2D eigenvalue weighted by Crippen LogP contribution is -2.56. The summed E-state index contributed by atoms with van der Waals surface area (Å²) in [5.74, 6) is -90.0. The highest BCUT2D eigenvalue weighted by molar-refractivity contribution is 7.80. The van der Waals surface area contributed by atoms with E-state index in [-0.39, 0.29) is 0 Å². The van der Waals surface area contributed by atoms with E-state index in [1.807, 2.05) is 0 Å². The van der Waals surface area contributed by atoms with Crippen molar-refractivity contribution >= 4 is 29.1 Å². The van der Waals surface area contributed by atoms with Crippen molar-refractivity contribution in [1.82, 2.24) is 0 Å². The molecule has 0 aromatic rings. The quantitative estimate of drug-likeness (QED) is 0.138. The molecule has 0 saturated heterocycles. The van der Waals surface area contributed by atoms with Crippen LogP contribution in [0.25, 0.3) is 0 Å². The van der Waals surface area contributed by atoms with E-state index < -0.39 is 100 Å². The van der Waals surface area contributed by atoms with Crippen LogP contribution in [0.5, 0.6) is 0 Å². The van der Waals surface area contributed by atoms with Gasteiger partial charge >= 0.3 is 92.8 Å². The van der Waals surface area contributed by atoms with Crippen molar-refractivity contribution in [1.29, 1.82) is 0 Å². The average Bonchev–Trinajstić information content (AvgIpc) is 2.59. The van der Waals surface area contributed by atoms with Gasteiger partial charge in [0.05, 0.1) is 0 Å².